The minimum absolute atomic E-state index is 0.0138. The zero-order chi connectivity index (χ0) is 22.9. The SMILES string of the molecule is COc1ccc(C2CCC(C(C)=O)(C(C)=O)C3(SCCS3)C2C(=O)c2ccccc2)cc1. The van der Waals surface area contributed by atoms with Crippen molar-refractivity contribution in [2.24, 2.45) is 11.3 Å². The highest BCUT2D eigenvalue weighted by atomic mass is 32.2. The van der Waals surface area contributed by atoms with Gasteiger partial charge >= 0.3 is 0 Å². The first kappa shape index (κ1) is 23.1. The summed E-state index contributed by atoms with van der Waals surface area (Å²) in [6, 6.07) is 17.2. The van der Waals surface area contributed by atoms with Gasteiger partial charge in [-0.15, -0.1) is 23.5 Å². The molecule has 2 unspecified atom stereocenters. The molecule has 2 fully saturated rings. The van der Waals surface area contributed by atoms with Crippen molar-refractivity contribution >= 4 is 40.9 Å². The zero-order valence-corrected chi connectivity index (χ0v) is 20.3. The normalized spacial score (nSPS) is 23.6. The van der Waals surface area contributed by atoms with Gasteiger partial charge in [0.25, 0.3) is 0 Å². The number of Topliss-reactive ketones (excluding diaryl/α,β-unsaturated/α-hetero) is 3. The van der Waals surface area contributed by atoms with Crippen LogP contribution in [0.3, 0.4) is 0 Å². The van der Waals surface area contributed by atoms with Gasteiger partial charge in [-0.25, -0.2) is 0 Å². The molecule has 1 saturated heterocycles. The molecular weight excluding hydrogens is 440 g/mol. The van der Waals surface area contributed by atoms with E-state index in [1.165, 1.54) is 13.8 Å². The molecule has 4 rings (SSSR count). The maximum Gasteiger partial charge on any atom is 0.168 e. The summed E-state index contributed by atoms with van der Waals surface area (Å²) < 4.78 is 4.52. The average molecular weight is 469 g/mol. The van der Waals surface area contributed by atoms with Gasteiger partial charge in [-0.1, -0.05) is 42.5 Å². The van der Waals surface area contributed by atoms with Crippen molar-refractivity contribution in [1.29, 1.82) is 0 Å². The summed E-state index contributed by atoms with van der Waals surface area (Å²) in [5.74, 6) is 1.60. The van der Waals surface area contributed by atoms with Crippen molar-refractivity contribution < 1.29 is 19.1 Å². The highest BCUT2D eigenvalue weighted by molar-refractivity contribution is 8.21. The summed E-state index contributed by atoms with van der Waals surface area (Å²) in [7, 11) is 1.63. The van der Waals surface area contributed by atoms with Crippen molar-refractivity contribution in [2.75, 3.05) is 18.6 Å². The van der Waals surface area contributed by atoms with E-state index < -0.39 is 15.4 Å². The molecule has 0 aromatic heterocycles. The van der Waals surface area contributed by atoms with Crippen molar-refractivity contribution in [3.8, 4) is 5.75 Å². The minimum Gasteiger partial charge on any atom is -0.497 e. The van der Waals surface area contributed by atoms with Gasteiger partial charge in [0, 0.05) is 17.1 Å². The van der Waals surface area contributed by atoms with Crippen LogP contribution in [-0.4, -0.2) is 40.0 Å². The van der Waals surface area contributed by atoms with Gasteiger partial charge in [0.2, 0.25) is 0 Å². The van der Waals surface area contributed by atoms with E-state index in [1.54, 1.807) is 30.6 Å². The Bertz CT molecular complexity index is 996. The molecule has 0 amide bonds. The Hall–Kier alpha value is -2.05. The van der Waals surface area contributed by atoms with Crippen molar-refractivity contribution in [2.45, 2.75) is 36.7 Å². The summed E-state index contributed by atoms with van der Waals surface area (Å²) in [6.45, 7) is 3.06. The van der Waals surface area contributed by atoms with E-state index in [4.69, 9.17) is 4.74 Å². The Balaban J connectivity index is 1.92. The van der Waals surface area contributed by atoms with E-state index in [0.717, 1.165) is 22.8 Å². The number of hydrogen-bond acceptors (Lipinski definition) is 6. The van der Waals surface area contributed by atoms with Crippen LogP contribution in [0.1, 0.15) is 48.5 Å². The quantitative estimate of drug-likeness (QED) is 0.417. The second-order valence-corrected chi connectivity index (χ2v) is 11.4. The average Bonchev–Trinajstić information content (AvgIpc) is 3.28. The minimum atomic E-state index is -1.16. The van der Waals surface area contributed by atoms with E-state index in [0.29, 0.717) is 18.4 Å². The molecule has 1 saturated carbocycles. The van der Waals surface area contributed by atoms with Crippen LogP contribution in [0.25, 0.3) is 0 Å². The molecule has 2 aromatic carbocycles. The molecule has 2 atom stereocenters. The fourth-order valence-corrected chi connectivity index (χ4v) is 9.82. The van der Waals surface area contributed by atoms with Gasteiger partial charge in [0.05, 0.1) is 17.1 Å². The Kier molecular flexibility index (Phi) is 6.55. The molecule has 1 heterocycles. The summed E-state index contributed by atoms with van der Waals surface area (Å²) in [5.41, 5.74) is 0.524. The van der Waals surface area contributed by atoms with Crippen molar-refractivity contribution in [3.63, 3.8) is 0 Å². The highest BCUT2D eigenvalue weighted by Crippen LogP contribution is 2.68. The molecule has 6 heteroatoms. The molecule has 0 bridgehead atoms. The summed E-state index contributed by atoms with van der Waals surface area (Å²) in [5, 5.41) is 0. The van der Waals surface area contributed by atoms with Crippen LogP contribution in [0.2, 0.25) is 0 Å². The van der Waals surface area contributed by atoms with E-state index in [2.05, 4.69) is 0 Å². The monoisotopic (exact) mass is 468 g/mol. The number of thioether (sulfide) groups is 2. The standard InChI is InChI=1S/C26H28O4S2/c1-17(27)25(18(2)28)14-13-22(19-9-11-21(30-3)12-10-19)23(26(25)31-15-16-32-26)24(29)20-7-5-4-6-8-20/h4-12,22-23H,13-16H2,1-3H3. The molecule has 2 aliphatic rings. The van der Waals surface area contributed by atoms with E-state index in [-0.39, 0.29) is 23.3 Å². The molecule has 0 N–H and O–H groups in total. The van der Waals surface area contributed by atoms with Crippen LogP contribution in [0.4, 0.5) is 0 Å². The van der Waals surface area contributed by atoms with Crippen LogP contribution < -0.4 is 4.74 Å². The third kappa shape index (κ3) is 3.52. The third-order valence-corrected chi connectivity index (χ3v) is 10.9. The molecular formula is C26H28O4S2. The lowest BCUT2D eigenvalue weighted by molar-refractivity contribution is -0.141. The first-order valence-electron chi connectivity index (χ1n) is 10.9. The predicted molar refractivity (Wildman–Crippen MR) is 131 cm³/mol. The molecule has 32 heavy (non-hydrogen) atoms. The van der Waals surface area contributed by atoms with Crippen LogP contribution in [0, 0.1) is 11.3 Å². The number of carbonyl (C=O) groups excluding carboxylic acids is 3. The lowest BCUT2D eigenvalue weighted by Crippen LogP contribution is -2.61. The second kappa shape index (κ2) is 9.06. The Morgan fingerprint density at radius 3 is 2.03 bits per heavy atom. The lowest BCUT2D eigenvalue weighted by atomic mass is 9.58. The van der Waals surface area contributed by atoms with Crippen LogP contribution >= 0.6 is 23.5 Å². The predicted octanol–water partition coefficient (Wildman–Crippen LogP) is 5.41. The number of hydrogen-bond donors (Lipinski definition) is 0. The van der Waals surface area contributed by atoms with Crippen LogP contribution in [-0.2, 0) is 9.59 Å². The van der Waals surface area contributed by atoms with Crippen molar-refractivity contribution in [1.82, 2.24) is 0 Å². The van der Waals surface area contributed by atoms with Crippen molar-refractivity contribution in [3.05, 3.63) is 65.7 Å². The third-order valence-electron chi connectivity index (χ3n) is 7.04. The van der Waals surface area contributed by atoms with Gasteiger partial charge in [-0.05, 0) is 50.3 Å². The summed E-state index contributed by atoms with van der Waals surface area (Å²) >= 11 is 3.28. The Labute approximate surface area is 197 Å². The number of methoxy groups -OCH3 is 1. The van der Waals surface area contributed by atoms with Crippen LogP contribution in [0.5, 0.6) is 5.75 Å². The fourth-order valence-electron chi connectivity index (χ4n) is 5.54. The number of benzene rings is 2. The van der Waals surface area contributed by atoms with E-state index in [1.807, 2.05) is 54.6 Å². The lowest BCUT2D eigenvalue weighted by Gasteiger charge is -2.54. The first-order chi connectivity index (χ1) is 15.4. The summed E-state index contributed by atoms with van der Waals surface area (Å²) in [6.07, 6.45) is 1.07. The van der Waals surface area contributed by atoms with Gasteiger partial charge in [-0.2, -0.15) is 0 Å². The maximum absolute atomic E-state index is 14.1. The Morgan fingerprint density at radius 2 is 1.50 bits per heavy atom. The first-order valence-corrected chi connectivity index (χ1v) is 12.9. The largest absolute Gasteiger partial charge is 0.497 e. The molecule has 1 aliphatic carbocycles. The number of rotatable bonds is 6. The smallest absolute Gasteiger partial charge is 0.168 e. The van der Waals surface area contributed by atoms with Gasteiger partial charge in [0.15, 0.2) is 5.78 Å². The molecule has 4 nitrogen and oxygen atoms in total. The van der Waals surface area contributed by atoms with Gasteiger partial charge in [0.1, 0.15) is 22.7 Å². The number of carbonyl (C=O) groups is 3. The fraction of sp³-hybridized carbons (Fsp3) is 0.423. The molecule has 0 radical (unpaired) electrons. The van der Waals surface area contributed by atoms with Gasteiger partial charge < -0.3 is 4.74 Å². The number of ether oxygens (including phenoxy) is 1. The van der Waals surface area contributed by atoms with E-state index >= 15 is 0 Å². The molecule has 2 aromatic rings. The topological polar surface area (TPSA) is 60.4 Å². The molecule has 1 spiro atoms. The van der Waals surface area contributed by atoms with E-state index in [9.17, 15) is 14.4 Å². The summed E-state index contributed by atoms with van der Waals surface area (Å²) in [4.78, 5) is 40.5. The van der Waals surface area contributed by atoms with Crippen LogP contribution in [0.15, 0.2) is 54.6 Å². The second-order valence-electron chi connectivity index (χ2n) is 8.51. The molecule has 1 aliphatic heterocycles. The Morgan fingerprint density at radius 1 is 0.906 bits per heavy atom. The van der Waals surface area contributed by atoms with Gasteiger partial charge in [-0.3, -0.25) is 14.4 Å². The highest BCUT2D eigenvalue weighted by Gasteiger charge is 2.68. The molecule has 168 valence electrons. The zero-order valence-electron chi connectivity index (χ0n) is 18.6. The maximum atomic E-state index is 14.1. The number of ketones is 3.